The van der Waals surface area contributed by atoms with E-state index in [-0.39, 0.29) is 17.4 Å². The maximum absolute atomic E-state index is 14.4. The fourth-order valence-electron chi connectivity index (χ4n) is 3.92. The molecular formula is C23H21ClFN3O2. The molecule has 5 nitrogen and oxygen atoms in total. The molecule has 1 unspecified atom stereocenters. The van der Waals surface area contributed by atoms with Crippen molar-refractivity contribution in [2.45, 2.75) is 12.5 Å². The number of rotatable bonds is 5. The largest absolute Gasteiger partial charge is 0.478 e. The Bertz CT molecular complexity index is 1110. The third-order valence-corrected chi connectivity index (χ3v) is 5.78. The number of carboxylic acids is 1. The molecule has 0 saturated carbocycles. The van der Waals surface area contributed by atoms with E-state index in [0.717, 1.165) is 29.7 Å². The standard InChI is InChI=1S/C23H21ClFN3O2/c1-28-9-7-15-10-14(17-5-3-16(24)11-20(17)25)2-4-18(15)22(28)13-27-21-12-26-8-6-19(21)23(29)30/h2-6,8,10-12,22,27H,7,9,13H2,1H3,(H,29,30). The lowest BCUT2D eigenvalue weighted by atomic mass is 9.89. The van der Waals surface area contributed by atoms with Gasteiger partial charge >= 0.3 is 5.97 Å². The van der Waals surface area contributed by atoms with Gasteiger partial charge in [-0.05, 0) is 54.4 Å². The lowest BCUT2D eigenvalue weighted by Gasteiger charge is -2.35. The Hall–Kier alpha value is -2.96. The summed E-state index contributed by atoms with van der Waals surface area (Å²) in [6.45, 7) is 1.38. The molecular weight excluding hydrogens is 405 g/mol. The van der Waals surface area contributed by atoms with Gasteiger partial charge in [-0.2, -0.15) is 0 Å². The average Bonchev–Trinajstić information content (AvgIpc) is 2.73. The number of benzene rings is 2. The molecule has 0 spiro atoms. The summed E-state index contributed by atoms with van der Waals surface area (Å²) in [5.74, 6) is -1.33. The highest BCUT2D eigenvalue weighted by molar-refractivity contribution is 6.30. The van der Waals surface area contributed by atoms with Gasteiger partial charge in [0.15, 0.2) is 0 Å². The van der Waals surface area contributed by atoms with Crippen LogP contribution in [0.15, 0.2) is 54.9 Å². The number of nitrogens with one attached hydrogen (secondary N) is 1. The van der Waals surface area contributed by atoms with Crippen LogP contribution in [0, 0.1) is 5.82 Å². The summed E-state index contributed by atoms with van der Waals surface area (Å²) in [5, 5.41) is 13.0. The van der Waals surface area contributed by atoms with Crippen molar-refractivity contribution >= 4 is 23.3 Å². The zero-order valence-corrected chi connectivity index (χ0v) is 17.2. The van der Waals surface area contributed by atoms with Gasteiger partial charge in [0.05, 0.1) is 23.5 Å². The minimum Gasteiger partial charge on any atom is -0.478 e. The quantitative estimate of drug-likeness (QED) is 0.609. The second-order valence-corrected chi connectivity index (χ2v) is 7.83. The van der Waals surface area contributed by atoms with Crippen LogP contribution in [0.1, 0.15) is 27.5 Å². The van der Waals surface area contributed by atoms with Crippen molar-refractivity contribution in [3.8, 4) is 11.1 Å². The summed E-state index contributed by atoms with van der Waals surface area (Å²) in [6.07, 6.45) is 3.85. The minimum atomic E-state index is -0.994. The maximum Gasteiger partial charge on any atom is 0.337 e. The van der Waals surface area contributed by atoms with Crippen molar-refractivity contribution < 1.29 is 14.3 Å². The zero-order chi connectivity index (χ0) is 21.3. The number of halogens is 2. The zero-order valence-electron chi connectivity index (χ0n) is 16.4. The van der Waals surface area contributed by atoms with Gasteiger partial charge in [0, 0.05) is 29.9 Å². The number of aromatic carboxylic acids is 1. The lowest BCUT2D eigenvalue weighted by Crippen LogP contribution is -2.36. The number of carboxylic acid groups (broad SMARTS) is 1. The number of fused-ring (bicyclic) bond motifs is 1. The van der Waals surface area contributed by atoms with Gasteiger partial charge < -0.3 is 10.4 Å². The number of hydrogen-bond acceptors (Lipinski definition) is 4. The number of likely N-dealkylation sites (N-methyl/N-ethyl adjacent to an activating group) is 1. The van der Waals surface area contributed by atoms with Gasteiger partial charge in [-0.25, -0.2) is 9.18 Å². The van der Waals surface area contributed by atoms with Crippen LogP contribution in [0.3, 0.4) is 0 Å². The second-order valence-electron chi connectivity index (χ2n) is 7.39. The number of anilines is 1. The first-order valence-electron chi connectivity index (χ1n) is 9.63. The van der Waals surface area contributed by atoms with Crippen LogP contribution in [-0.2, 0) is 6.42 Å². The molecule has 1 aromatic heterocycles. The Morgan fingerprint density at radius 2 is 2.13 bits per heavy atom. The number of hydrogen-bond donors (Lipinski definition) is 2. The van der Waals surface area contributed by atoms with Gasteiger partial charge in [-0.3, -0.25) is 9.88 Å². The molecule has 1 aliphatic heterocycles. The minimum absolute atomic E-state index is 0.0553. The highest BCUT2D eigenvalue weighted by Gasteiger charge is 2.25. The molecule has 0 bridgehead atoms. The van der Waals surface area contributed by atoms with Crippen LogP contribution in [-0.4, -0.2) is 41.1 Å². The van der Waals surface area contributed by atoms with Crippen molar-refractivity contribution in [2.75, 3.05) is 25.5 Å². The fraction of sp³-hybridized carbons (Fsp3) is 0.217. The van der Waals surface area contributed by atoms with E-state index in [1.54, 1.807) is 12.1 Å². The van der Waals surface area contributed by atoms with Gasteiger partial charge in [0.2, 0.25) is 0 Å². The van der Waals surface area contributed by atoms with E-state index >= 15 is 0 Å². The SMILES string of the molecule is CN1CCc2cc(-c3ccc(Cl)cc3F)ccc2C1CNc1cnccc1C(=O)O. The van der Waals surface area contributed by atoms with Crippen LogP contribution >= 0.6 is 11.6 Å². The molecule has 1 atom stereocenters. The molecule has 4 rings (SSSR count). The molecule has 0 aliphatic carbocycles. The Morgan fingerprint density at radius 3 is 2.90 bits per heavy atom. The van der Waals surface area contributed by atoms with E-state index < -0.39 is 5.97 Å². The Balaban J connectivity index is 1.61. The van der Waals surface area contributed by atoms with E-state index in [1.807, 2.05) is 25.2 Å². The summed E-state index contributed by atoms with van der Waals surface area (Å²) in [5.41, 5.74) is 4.34. The number of pyridine rings is 1. The molecule has 7 heteroatoms. The third kappa shape index (κ3) is 4.01. The molecule has 0 radical (unpaired) electrons. The predicted molar refractivity (Wildman–Crippen MR) is 116 cm³/mol. The predicted octanol–water partition coefficient (Wildman–Crippen LogP) is 4.88. The monoisotopic (exact) mass is 425 g/mol. The van der Waals surface area contributed by atoms with Crippen molar-refractivity contribution in [3.05, 3.63) is 82.4 Å². The number of aromatic nitrogens is 1. The smallest absolute Gasteiger partial charge is 0.337 e. The molecule has 2 heterocycles. The Kier molecular flexibility index (Phi) is 5.70. The topological polar surface area (TPSA) is 65.5 Å². The van der Waals surface area contributed by atoms with Crippen LogP contribution in [0.5, 0.6) is 0 Å². The third-order valence-electron chi connectivity index (χ3n) is 5.55. The fourth-order valence-corrected chi connectivity index (χ4v) is 4.08. The summed E-state index contributed by atoms with van der Waals surface area (Å²) in [4.78, 5) is 17.7. The van der Waals surface area contributed by atoms with Gasteiger partial charge in [-0.15, -0.1) is 0 Å². The lowest BCUT2D eigenvalue weighted by molar-refractivity contribution is 0.0697. The van der Waals surface area contributed by atoms with Crippen molar-refractivity contribution in [1.82, 2.24) is 9.88 Å². The number of carbonyl (C=O) groups is 1. The van der Waals surface area contributed by atoms with Crippen molar-refractivity contribution in [1.29, 1.82) is 0 Å². The van der Waals surface area contributed by atoms with Gasteiger partial charge in [0.1, 0.15) is 5.82 Å². The first-order chi connectivity index (χ1) is 14.4. The second kappa shape index (κ2) is 8.42. The number of nitrogens with zero attached hydrogens (tertiary/aromatic N) is 2. The molecule has 2 N–H and O–H groups in total. The molecule has 2 aromatic carbocycles. The van der Waals surface area contributed by atoms with Crippen molar-refractivity contribution in [3.63, 3.8) is 0 Å². The molecule has 0 amide bonds. The van der Waals surface area contributed by atoms with Crippen LogP contribution in [0.4, 0.5) is 10.1 Å². The van der Waals surface area contributed by atoms with Crippen LogP contribution in [0.2, 0.25) is 5.02 Å². The molecule has 0 fully saturated rings. The highest BCUT2D eigenvalue weighted by Crippen LogP contribution is 2.34. The summed E-state index contributed by atoms with van der Waals surface area (Å²) in [7, 11) is 2.05. The van der Waals surface area contributed by atoms with E-state index in [1.165, 1.54) is 24.5 Å². The van der Waals surface area contributed by atoms with E-state index in [9.17, 15) is 14.3 Å². The van der Waals surface area contributed by atoms with Gasteiger partial charge in [0.25, 0.3) is 0 Å². The summed E-state index contributed by atoms with van der Waals surface area (Å²) < 4.78 is 14.4. The molecule has 30 heavy (non-hydrogen) atoms. The summed E-state index contributed by atoms with van der Waals surface area (Å²) in [6, 6.07) is 12.2. The van der Waals surface area contributed by atoms with Crippen LogP contribution in [0.25, 0.3) is 11.1 Å². The average molecular weight is 426 g/mol. The molecule has 0 saturated heterocycles. The highest BCUT2D eigenvalue weighted by atomic mass is 35.5. The molecule has 154 valence electrons. The maximum atomic E-state index is 14.4. The van der Waals surface area contributed by atoms with E-state index in [2.05, 4.69) is 15.2 Å². The first kappa shape index (κ1) is 20.3. The van der Waals surface area contributed by atoms with E-state index in [0.29, 0.717) is 22.8 Å². The first-order valence-corrected chi connectivity index (χ1v) is 10.0. The molecule has 1 aliphatic rings. The van der Waals surface area contributed by atoms with Gasteiger partial charge in [-0.1, -0.05) is 29.8 Å². The Labute approximate surface area is 179 Å². The Morgan fingerprint density at radius 1 is 1.30 bits per heavy atom. The summed E-state index contributed by atoms with van der Waals surface area (Å²) >= 11 is 5.88. The van der Waals surface area contributed by atoms with E-state index in [4.69, 9.17) is 11.6 Å². The molecule has 3 aromatic rings. The van der Waals surface area contributed by atoms with Crippen LogP contribution < -0.4 is 5.32 Å². The normalized spacial score (nSPS) is 16.2. The van der Waals surface area contributed by atoms with Crippen molar-refractivity contribution in [2.24, 2.45) is 0 Å².